The van der Waals surface area contributed by atoms with Crippen molar-refractivity contribution in [2.24, 2.45) is 12.0 Å². The number of aliphatic imine (C=N–C) groups is 1. The second kappa shape index (κ2) is 4.04. The average Bonchev–Trinajstić information content (AvgIpc) is 2.72. The number of aromatic nitrogens is 3. The maximum absolute atomic E-state index is 4.38. The highest BCUT2D eigenvalue weighted by Gasteiger charge is 2.09. The van der Waals surface area contributed by atoms with Gasteiger partial charge in [0.25, 0.3) is 0 Å². The van der Waals surface area contributed by atoms with Gasteiger partial charge in [0, 0.05) is 20.1 Å². The maximum atomic E-state index is 4.38. The number of anilines is 1. The zero-order valence-corrected chi connectivity index (χ0v) is 9.64. The Kier molecular flexibility index (Phi) is 2.40. The smallest absolute Gasteiger partial charge is 0.195 e. The Bertz CT molecular complexity index is 570. The molecule has 2 N–H and O–H groups in total. The molecule has 0 saturated carbocycles. The molecule has 0 amide bonds. The molecule has 1 aliphatic rings. The normalized spacial score (nSPS) is 15.5. The highest BCUT2D eigenvalue weighted by Crippen LogP contribution is 2.19. The Morgan fingerprint density at radius 3 is 3.12 bits per heavy atom. The van der Waals surface area contributed by atoms with Gasteiger partial charge in [0.05, 0.1) is 5.69 Å². The molecular weight excluding hydrogens is 216 g/mol. The minimum Gasteiger partial charge on any atom is -0.356 e. The van der Waals surface area contributed by atoms with E-state index in [1.54, 1.807) is 4.80 Å². The van der Waals surface area contributed by atoms with E-state index in [-0.39, 0.29) is 0 Å². The van der Waals surface area contributed by atoms with Crippen LogP contribution in [0.2, 0.25) is 0 Å². The Morgan fingerprint density at radius 2 is 2.29 bits per heavy atom. The van der Waals surface area contributed by atoms with Gasteiger partial charge >= 0.3 is 0 Å². The topological polar surface area (TPSA) is 67.1 Å². The molecule has 0 aliphatic carbocycles. The lowest BCUT2D eigenvalue weighted by molar-refractivity contribution is 0.665. The monoisotopic (exact) mass is 230 g/mol. The molecule has 0 bridgehead atoms. The minimum absolute atomic E-state index is 0.814. The first-order valence-corrected chi connectivity index (χ1v) is 5.68. The van der Waals surface area contributed by atoms with Crippen LogP contribution in [0.1, 0.15) is 6.42 Å². The summed E-state index contributed by atoms with van der Waals surface area (Å²) in [6, 6.07) is 5.89. The molecule has 6 nitrogen and oxygen atoms in total. The second-order valence-electron chi connectivity index (χ2n) is 4.00. The SMILES string of the molecule is Cn1nc2cccc(NC3=NCCCN3)c2n1. The van der Waals surface area contributed by atoms with E-state index >= 15 is 0 Å². The number of rotatable bonds is 1. The molecule has 17 heavy (non-hydrogen) atoms. The maximum Gasteiger partial charge on any atom is 0.195 e. The molecule has 1 aromatic carbocycles. The van der Waals surface area contributed by atoms with Crippen molar-refractivity contribution in [1.82, 2.24) is 20.3 Å². The fourth-order valence-electron chi connectivity index (χ4n) is 1.88. The van der Waals surface area contributed by atoms with E-state index in [9.17, 15) is 0 Å². The largest absolute Gasteiger partial charge is 0.356 e. The van der Waals surface area contributed by atoms with Gasteiger partial charge in [0.15, 0.2) is 5.96 Å². The third-order valence-corrected chi connectivity index (χ3v) is 2.66. The zero-order valence-electron chi connectivity index (χ0n) is 9.64. The molecule has 0 atom stereocenters. The molecule has 0 radical (unpaired) electrons. The third kappa shape index (κ3) is 1.93. The van der Waals surface area contributed by atoms with E-state index in [0.717, 1.165) is 42.2 Å². The average molecular weight is 230 g/mol. The molecule has 1 aromatic heterocycles. The molecule has 1 aliphatic heterocycles. The molecule has 6 heteroatoms. The van der Waals surface area contributed by atoms with E-state index in [4.69, 9.17) is 0 Å². The molecule has 0 spiro atoms. The van der Waals surface area contributed by atoms with Gasteiger partial charge in [-0.25, -0.2) is 0 Å². The highest BCUT2D eigenvalue weighted by molar-refractivity contribution is 6.00. The summed E-state index contributed by atoms with van der Waals surface area (Å²) in [4.78, 5) is 5.95. The van der Waals surface area contributed by atoms with Crippen molar-refractivity contribution in [3.63, 3.8) is 0 Å². The zero-order chi connectivity index (χ0) is 11.7. The van der Waals surface area contributed by atoms with Crippen LogP contribution in [-0.4, -0.2) is 34.0 Å². The van der Waals surface area contributed by atoms with Crippen LogP contribution in [0.5, 0.6) is 0 Å². The number of benzene rings is 1. The quantitative estimate of drug-likeness (QED) is 0.758. The molecule has 3 rings (SSSR count). The fraction of sp³-hybridized carbons (Fsp3) is 0.364. The Morgan fingerprint density at radius 1 is 1.35 bits per heavy atom. The van der Waals surface area contributed by atoms with Crippen LogP contribution in [0.4, 0.5) is 5.69 Å². The van der Waals surface area contributed by atoms with Crippen LogP contribution < -0.4 is 10.6 Å². The summed E-state index contributed by atoms with van der Waals surface area (Å²) in [7, 11) is 1.82. The number of nitrogens with zero attached hydrogens (tertiary/aromatic N) is 4. The van der Waals surface area contributed by atoms with E-state index in [2.05, 4.69) is 25.8 Å². The Labute approximate surface area is 98.7 Å². The van der Waals surface area contributed by atoms with Crippen molar-refractivity contribution < 1.29 is 0 Å². The number of guanidine groups is 1. The summed E-state index contributed by atoms with van der Waals surface area (Å²) in [5.41, 5.74) is 2.68. The van der Waals surface area contributed by atoms with Crippen LogP contribution in [0.3, 0.4) is 0 Å². The highest BCUT2D eigenvalue weighted by atomic mass is 15.5. The first kappa shape index (κ1) is 10.1. The summed E-state index contributed by atoms with van der Waals surface area (Å²) < 4.78 is 0. The fourth-order valence-corrected chi connectivity index (χ4v) is 1.88. The van der Waals surface area contributed by atoms with Crippen molar-refractivity contribution in [3.05, 3.63) is 18.2 Å². The van der Waals surface area contributed by atoms with Crippen LogP contribution >= 0.6 is 0 Å². The molecule has 0 fully saturated rings. The number of aryl methyl sites for hydroxylation is 1. The molecule has 88 valence electrons. The van der Waals surface area contributed by atoms with Crippen LogP contribution in [0.25, 0.3) is 11.0 Å². The lowest BCUT2D eigenvalue weighted by Crippen LogP contribution is -2.35. The van der Waals surface area contributed by atoms with Crippen molar-refractivity contribution >= 4 is 22.7 Å². The summed E-state index contributed by atoms with van der Waals surface area (Å²) in [5.74, 6) is 0.814. The third-order valence-electron chi connectivity index (χ3n) is 2.66. The van der Waals surface area contributed by atoms with Crippen molar-refractivity contribution in [3.8, 4) is 0 Å². The number of fused-ring (bicyclic) bond motifs is 1. The van der Waals surface area contributed by atoms with Crippen molar-refractivity contribution in [1.29, 1.82) is 0 Å². The van der Waals surface area contributed by atoms with Gasteiger partial charge in [-0.05, 0) is 18.6 Å². The molecule has 0 saturated heterocycles. The lowest BCUT2D eigenvalue weighted by atomic mass is 10.2. The van der Waals surface area contributed by atoms with Gasteiger partial charge in [0.2, 0.25) is 0 Å². The summed E-state index contributed by atoms with van der Waals surface area (Å²) in [6.07, 6.45) is 1.08. The van der Waals surface area contributed by atoms with Gasteiger partial charge in [-0.2, -0.15) is 15.0 Å². The van der Waals surface area contributed by atoms with Gasteiger partial charge in [-0.15, -0.1) is 0 Å². The van der Waals surface area contributed by atoms with E-state index in [1.165, 1.54) is 0 Å². The lowest BCUT2D eigenvalue weighted by Gasteiger charge is -2.15. The van der Waals surface area contributed by atoms with Crippen molar-refractivity contribution in [2.75, 3.05) is 18.4 Å². The number of nitrogens with one attached hydrogen (secondary N) is 2. The minimum atomic E-state index is 0.814. The summed E-state index contributed by atoms with van der Waals surface area (Å²) in [5, 5.41) is 15.1. The molecular formula is C11H14N6. The standard InChI is InChI=1S/C11H14N6/c1-17-15-9-5-2-4-8(10(9)16-17)14-11-12-6-3-7-13-11/h2,4-5H,3,6-7H2,1H3,(H2,12,13,14). The summed E-state index contributed by atoms with van der Waals surface area (Å²) in [6.45, 7) is 1.83. The van der Waals surface area contributed by atoms with Crippen LogP contribution in [0, 0.1) is 0 Å². The van der Waals surface area contributed by atoms with E-state index in [1.807, 2.05) is 25.2 Å². The van der Waals surface area contributed by atoms with Crippen LogP contribution in [-0.2, 0) is 7.05 Å². The summed E-state index contributed by atoms with van der Waals surface area (Å²) >= 11 is 0. The van der Waals surface area contributed by atoms with E-state index < -0.39 is 0 Å². The van der Waals surface area contributed by atoms with Gasteiger partial charge in [-0.3, -0.25) is 4.99 Å². The van der Waals surface area contributed by atoms with Gasteiger partial charge in [-0.1, -0.05) is 6.07 Å². The predicted octanol–water partition coefficient (Wildman–Crippen LogP) is 0.729. The predicted molar refractivity (Wildman–Crippen MR) is 67.1 cm³/mol. The second-order valence-corrected chi connectivity index (χ2v) is 4.00. The van der Waals surface area contributed by atoms with Crippen LogP contribution in [0.15, 0.2) is 23.2 Å². The Hall–Kier alpha value is -2.11. The first-order chi connectivity index (χ1) is 8.33. The first-order valence-electron chi connectivity index (χ1n) is 5.68. The molecule has 2 aromatic rings. The van der Waals surface area contributed by atoms with E-state index in [0.29, 0.717) is 0 Å². The molecule has 2 heterocycles. The Balaban J connectivity index is 1.96. The molecule has 0 unspecified atom stereocenters. The number of hydrogen-bond acceptors (Lipinski definition) is 5. The van der Waals surface area contributed by atoms with Crippen molar-refractivity contribution in [2.45, 2.75) is 6.42 Å². The van der Waals surface area contributed by atoms with Gasteiger partial charge in [0.1, 0.15) is 11.0 Å². The van der Waals surface area contributed by atoms with Gasteiger partial charge < -0.3 is 10.6 Å². The number of hydrogen-bond donors (Lipinski definition) is 2.